The minimum Gasteiger partial charge on any atom is -0.368 e. The number of hydrogen-bond acceptors (Lipinski definition) is 5. The van der Waals surface area contributed by atoms with Crippen molar-refractivity contribution in [1.82, 2.24) is 9.97 Å². The summed E-state index contributed by atoms with van der Waals surface area (Å²) in [5.74, 6) is 6.03. The van der Waals surface area contributed by atoms with Crippen molar-refractivity contribution in [2.45, 2.75) is 39.2 Å². The Kier molecular flexibility index (Phi) is 5.45. The van der Waals surface area contributed by atoms with Gasteiger partial charge in [-0.25, -0.2) is 9.97 Å². The molecule has 0 radical (unpaired) electrons. The highest BCUT2D eigenvalue weighted by atomic mass is 35.5. The molecule has 0 aromatic carbocycles. The Morgan fingerprint density at radius 1 is 1.36 bits per heavy atom. The Labute approximate surface area is 173 Å². The molecular formula is C22H19ClN2O2S. The van der Waals surface area contributed by atoms with Crippen LogP contribution in [0.25, 0.3) is 0 Å². The second kappa shape index (κ2) is 8.00. The number of hydrogen-bond donors (Lipinski definition) is 0. The Morgan fingerprint density at radius 3 is 3.00 bits per heavy atom. The van der Waals surface area contributed by atoms with Crippen LogP contribution >= 0.6 is 22.9 Å². The van der Waals surface area contributed by atoms with Gasteiger partial charge in [0, 0.05) is 16.6 Å². The van der Waals surface area contributed by atoms with Gasteiger partial charge in [0.2, 0.25) is 5.78 Å². The van der Waals surface area contributed by atoms with Crippen LogP contribution in [0.3, 0.4) is 0 Å². The number of ether oxygens (including phenoxy) is 1. The molecule has 4 nitrogen and oxygen atoms in total. The molecule has 3 heterocycles. The Bertz CT molecular complexity index is 1070. The number of aryl methyl sites for hydroxylation is 1. The van der Waals surface area contributed by atoms with Crippen LogP contribution in [0, 0.1) is 18.8 Å². The standard InChI is InChI=1S/C22H19ClN2O2S/c1-3-4-14-5-6-15-7-8-27-21(17(15)9-14)16-10-19(28-13(16)2)20(26)18-11-24-12-25-22(18)23/h9-12,21H,5-8H2,1-2H3. The number of allylic oxidation sites excluding steroid dienone is 1. The van der Waals surface area contributed by atoms with E-state index in [9.17, 15) is 4.79 Å². The van der Waals surface area contributed by atoms with E-state index in [1.807, 2.05) is 19.9 Å². The van der Waals surface area contributed by atoms with E-state index in [1.165, 1.54) is 35.0 Å². The lowest BCUT2D eigenvalue weighted by Gasteiger charge is -2.30. The van der Waals surface area contributed by atoms with Gasteiger partial charge in [0.05, 0.1) is 17.0 Å². The molecule has 0 bridgehead atoms. The summed E-state index contributed by atoms with van der Waals surface area (Å²) in [4.78, 5) is 22.4. The predicted octanol–water partition coefficient (Wildman–Crippen LogP) is 5.23. The van der Waals surface area contributed by atoms with E-state index >= 15 is 0 Å². The van der Waals surface area contributed by atoms with Crippen LogP contribution in [-0.2, 0) is 4.74 Å². The van der Waals surface area contributed by atoms with Gasteiger partial charge in [0.15, 0.2) is 0 Å². The molecule has 4 rings (SSSR count). The van der Waals surface area contributed by atoms with Gasteiger partial charge in [-0.15, -0.1) is 17.3 Å². The summed E-state index contributed by atoms with van der Waals surface area (Å²) in [7, 11) is 0. The van der Waals surface area contributed by atoms with E-state index in [0.717, 1.165) is 35.3 Å². The maximum absolute atomic E-state index is 12.9. The lowest BCUT2D eigenvalue weighted by atomic mass is 9.84. The summed E-state index contributed by atoms with van der Waals surface area (Å²) in [5, 5.41) is 0.171. The Hall–Kier alpha value is -2.26. The molecule has 0 saturated heterocycles. The zero-order valence-corrected chi connectivity index (χ0v) is 17.3. The third-order valence-corrected chi connectivity index (χ3v) is 6.43. The quantitative estimate of drug-likeness (QED) is 0.395. The summed E-state index contributed by atoms with van der Waals surface area (Å²) in [6, 6.07) is 1.93. The van der Waals surface area contributed by atoms with E-state index in [4.69, 9.17) is 16.3 Å². The lowest BCUT2D eigenvalue weighted by Crippen LogP contribution is -2.18. The van der Waals surface area contributed by atoms with Crippen molar-refractivity contribution in [3.63, 3.8) is 0 Å². The first-order valence-electron chi connectivity index (χ1n) is 9.16. The average molecular weight is 411 g/mol. The molecule has 142 valence electrons. The molecule has 2 aromatic heterocycles. The van der Waals surface area contributed by atoms with E-state index in [0.29, 0.717) is 17.0 Å². The molecule has 1 atom stereocenters. The first-order valence-corrected chi connectivity index (χ1v) is 10.3. The maximum atomic E-state index is 12.9. The fourth-order valence-electron chi connectivity index (χ4n) is 3.70. The zero-order chi connectivity index (χ0) is 19.7. The fourth-order valence-corrected chi connectivity index (χ4v) is 4.88. The highest BCUT2D eigenvalue weighted by Crippen LogP contribution is 2.42. The van der Waals surface area contributed by atoms with E-state index < -0.39 is 0 Å². The first-order chi connectivity index (χ1) is 13.6. The Balaban J connectivity index is 1.71. The predicted molar refractivity (Wildman–Crippen MR) is 111 cm³/mol. The summed E-state index contributed by atoms with van der Waals surface area (Å²) in [6.07, 6.45) is 7.80. The minimum atomic E-state index is -0.160. The van der Waals surface area contributed by atoms with Crippen molar-refractivity contribution in [3.05, 3.63) is 67.4 Å². The highest BCUT2D eigenvalue weighted by Gasteiger charge is 2.29. The Morgan fingerprint density at radius 2 is 2.21 bits per heavy atom. The molecule has 1 aliphatic carbocycles. The number of carbonyl (C=O) groups is 1. The molecule has 1 aliphatic heterocycles. The number of carbonyl (C=O) groups excluding carboxylic acids is 1. The van der Waals surface area contributed by atoms with Gasteiger partial charge in [-0.2, -0.15) is 0 Å². The normalized spacial score (nSPS) is 18.8. The van der Waals surface area contributed by atoms with Gasteiger partial charge in [-0.05, 0) is 56.4 Å². The number of aromatic nitrogens is 2. The molecule has 0 fully saturated rings. The number of halogens is 1. The number of nitrogens with zero attached hydrogens (tertiary/aromatic N) is 2. The number of thiophene rings is 1. The monoisotopic (exact) mass is 410 g/mol. The van der Waals surface area contributed by atoms with Crippen molar-refractivity contribution in [3.8, 4) is 11.8 Å². The topological polar surface area (TPSA) is 52.1 Å². The van der Waals surface area contributed by atoms with Gasteiger partial charge in [-0.3, -0.25) is 4.79 Å². The second-order valence-electron chi connectivity index (χ2n) is 6.78. The third kappa shape index (κ3) is 3.56. The summed E-state index contributed by atoms with van der Waals surface area (Å²) in [6.45, 7) is 4.58. The van der Waals surface area contributed by atoms with Crippen LogP contribution in [0.4, 0.5) is 0 Å². The second-order valence-corrected chi connectivity index (χ2v) is 8.40. The molecule has 0 amide bonds. The fraction of sp³-hybridized carbons (Fsp3) is 0.318. The molecule has 0 saturated carbocycles. The van der Waals surface area contributed by atoms with Crippen molar-refractivity contribution < 1.29 is 9.53 Å². The van der Waals surface area contributed by atoms with Crippen LogP contribution in [0.1, 0.15) is 58.0 Å². The highest BCUT2D eigenvalue weighted by molar-refractivity contribution is 7.14. The van der Waals surface area contributed by atoms with Crippen LogP contribution < -0.4 is 0 Å². The lowest BCUT2D eigenvalue weighted by molar-refractivity contribution is 0.0683. The largest absolute Gasteiger partial charge is 0.368 e. The van der Waals surface area contributed by atoms with Crippen LogP contribution in [-0.4, -0.2) is 22.4 Å². The average Bonchev–Trinajstić information content (AvgIpc) is 3.09. The van der Waals surface area contributed by atoms with E-state index in [1.54, 1.807) is 0 Å². The molecule has 0 spiro atoms. The molecule has 1 unspecified atom stereocenters. The van der Waals surface area contributed by atoms with Gasteiger partial charge >= 0.3 is 0 Å². The third-order valence-electron chi connectivity index (χ3n) is 5.06. The molecular weight excluding hydrogens is 392 g/mol. The summed E-state index contributed by atoms with van der Waals surface area (Å²) >= 11 is 7.54. The number of ketones is 1. The summed E-state index contributed by atoms with van der Waals surface area (Å²) in [5.41, 5.74) is 5.15. The SMILES string of the molecule is CC#CC1=CC2=C(CCOC2c2cc(C(=O)c3cncnc3Cl)sc2C)CC1. The molecule has 6 heteroatoms. The van der Waals surface area contributed by atoms with Gasteiger partial charge in [-0.1, -0.05) is 23.1 Å². The molecule has 2 aromatic rings. The number of rotatable bonds is 3. The summed E-state index contributed by atoms with van der Waals surface area (Å²) < 4.78 is 6.16. The van der Waals surface area contributed by atoms with E-state index in [2.05, 4.69) is 27.9 Å². The van der Waals surface area contributed by atoms with Crippen LogP contribution in [0.2, 0.25) is 5.15 Å². The smallest absolute Gasteiger partial charge is 0.207 e. The van der Waals surface area contributed by atoms with Crippen molar-refractivity contribution in [2.75, 3.05) is 6.61 Å². The van der Waals surface area contributed by atoms with E-state index in [-0.39, 0.29) is 17.0 Å². The van der Waals surface area contributed by atoms with Crippen molar-refractivity contribution in [1.29, 1.82) is 0 Å². The van der Waals surface area contributed by atoms with Crippen molar-refractivity contribution >= 4 is 28.7 Å². The van der Waals surface area contributed by atoms with Gasteiger partial charge in [0.25, 0.3) is 0 Å². The molecule has 0 N–H and O–H groups in total. The van der Waals surface area contributed by atoms with Gasteiger partial charge < -0.3 is 4.74 Å². The van der Waals surface area contributed by atoms with Gasteiger partial charge in [0.1, 0.15) is 17.6 Å². The molecule has 28 heavy (non-hydrogen) atoms. The molecule has 2 aliphatic rings. The van der Waals surface area contributed by atoms with Crippen LogP contribution in [0.5, 0.6) is 0 Å². The maximum Gasteiger partial charge on any atom is 0.207 e. The first kappa shape index (κ1) is 19.1. The van der Waals surface area contributed by atoms with Crippen LogP contribution in [0.15, 0.2) is 41.4 Å². The van der Waals surface area contributed by atoms with Crippen molar-refractivity contribution in [2.24, 2.45) is 0 Å². The zero-order valence-electron chi connectivity index (χ0n) is 15.7. The minimum absolute atomic E-state index is 0.155.